The molecule has 2 atom stereocenters. The van der Waals surface area contributed by atoms with Crippen molar-refractivity contribution < 1.29 is 23.4 Å². The molecule has 0 saturated carbocycles. The van der Waals surface area contributed by atoms with Crippen LogP contribution in [0.15, 0.2) is 30.6 Å². The highest BCUT2D eigenvalue weighted by atomic mass is 19.1. The van der Waals surface area contributed by atoms with Crippen molar-refractivity contribution in [2.75, 3.05) is 32.1 Å². The third-order valence-electron chi connectivity index (χ3n) is 5.79. The average molecular weight is 457 g/mol. The Kier molecular flexibility index (Phi) is 5.67. The number of nitrogens with zero attached hydrogens (tertiary/aromatic N) is 4. The number of amides is 1. The largest absolute Gasteiger partial charge is 0.510 e. The maximum absolute atomic E-state index is 14.5. The molecule has 6 radical (unpaired) electrons. The summed E-state index contributed by atoms with van der Waals surface area (Å²) in [7, 11) is 18.4. The van der Waals surface area contributed by atoms with Crippen molar-refractivity contribution in [3.63, 3.8) is 0 Å². The summed E-state index contributed by atoms with van der Waals surface area (Å²) in [5, 5.41) is 5.48. The zero-order valence-corrected chi connectivity index (χ0v) is 18.4. The third-order valence-corrected chi connectivity index (χ3v) is 5.79. The predicted octanol–water partition coefficient (Wildman–Crippen LogP) is 0.451. The second-order valence-electron chi connectivity index (χ2n) is 8.30. The second-order valence-corrected chi connectivity index (χ2v) is 8.30. The Morgan fingerprint density at radius 2 is 2.12 bits per heavy atom. The van der Waals surface area contributed by atoms with E-state index in [-0.39, 0.29) is 30.2 Å². The number of benzene rings is 1. The summed E-state index contributed by atoms with van der Waals surface area (Å²) in [5.74, 6) is -0.466. The highest BCUT2D eigenvalue weighted by molar-refractivity contribution is 6.58. The van der Waals surface area contributed by atoms with Crippen LogP contribution in [-0.4, -0.2) is 93.2 Å². The first kappa shape index (κ1) is 22.6. The fourth-order valence-electron chi connectivity index (χ4n) is 4.28. The lowest BCUT2D eigenvalue weighted by atomic mass is 9.52. The molecule has 1 amide bonds. The average Bonchev–Trinajstić information content (AvgIpc) is 3.30. The molecule has 4 heterocycles. The standard InChI is InChI=1S/C21H19B3FN5O4/c1-32-16-7-14-10-33-19-17(34-21(22,23)24)9-30-18(28-19)15(8-27-30)11-4-12(25)6-13(5-11)26-2-3-29(14)20(16)31/h4-6,8-9,14,16,26H,2-3,7,10H2,1H3/t14?,16-/m1/s1. The molecule has 1 fully saturated rings. The summed E-state index contributed by atoms with van der Waals surface area (Å²) in [6, 6.07) is 4.26. The van der Waals surface area contributed by atoms with Crippen molar-refractivity contribution >= 4 is 40.8 Å². The Balaban J connectivity index is 1.63. The maximum Gasteiger partial charge on any atom is 0.260 e. The van der Waals surface area contributed by atoms with Crippen LogP contribution in [0.2, 0.25) is 0 Å². The van der Waals surface area contributed by atoms with Crippen LogP contribution < -0.4 is 14.8 Å². The van der Waals surface area contributed by atoms with E-state index in [9.17, 15) is 9.18 Å². The Morgan fingerprint density at radius 3 is 2.88 bits per heavy atom. The molecule has 2 aliphatic rings. The lowest BCUT2D eigenvalue weighted by molar-refractivity contribution is -0.136. The number of aromatic nitrogens is 3. The van der Waals surface area contributed by atoms with Gasteiger partial charge in [-0.05, 0) is 29.1 Å². The third kappa shape index (κ3) is 4.32. The number of rotatable bonds is 3. The minimum atomic E-state index is -2.00. The van der Waals surface area contributed by atoms with Crippen molar-refractivity contribution in [3.05, 3.63) is 36.4 Å². The van der Waals surface area contributed by atoms with Gasteiger partial charge in [0.25, 0.3) is 11.8 Å². The van der Waals surface area contributed by atoms with Crippen LogP contribution in [0.4, 0.5) is 10.1 Å². The molecule has 1 N–H and O–H groups in total. The SMILES string of the molecule is [B]C([B])([B])Oc1cn2ncc3c2nc1OCC1C[C@@H](OC)C(=O)N1CCNc1cc(F)cc-3c1. The smallest absolute Gasteiger partial charge is 0.260 e. The number of fused-ring (bicyclic) bond motifs is 5. The number of ether oxygens (including phenoxy) is 3. The number of carbonyl (C=O) groups excluding carboxylic acids is 1. The van der Waals surface area contributed by atoms with Crippen LogP contribution in [0, 0.1) is 5.82 Å². The van der Waals surface area contributed by atoms with E-state index >= 15 is 0 Å². The zero-order chi connectivity index (χ0) is 24.0. The van der Waals surface area contributed by atoms with Crippen LogP contribution in [0.5, 0.6) is 11.6 Å². The van der Waals surface area contributed by atoms with Crippen LogP contribution in [-0.2, 0) is 9.53 Å². The molecule has 168 valence electrons. The number of halogens is 1. The lowest BCUT2D eigenvalue weighted by Crippen LogP contribution is -2.41. The maximum atomic E-state index is 14.5. The van der Waals surface area contributed by atoms with E-state index in [1.165, 1.54) is 30.0 Å². The minimum absolute atomic E-state index is 0.0556. The highest BCUT2D eigenvalue weighted by Gasteiger charge is 2.40. The van der Waals surface area contributed by atoms with Gasteiger partial charge in [-0.3, -0.25) is 4.79 Å². The van der Waals surface area contributed by atoms with E-state index in [0.29, 0.717) is 42.0 Å². The second kappa shape index (κ2) is 8.54. The zero-order valence-electron chi connectivity index (χ0n) is 18.4. The van der Waals surface area contributed by atoms with E-state index in [4.69, 9.17) is 37.7 Å². The van der Waals surface area contributed by atoms with Gasteiger partial charge in [0.15, 0.2) is 11.4 Å². The van der Waals surface area contributed by atoms with Gasteiger partial charge in [0.2, 0.25) is 0 Å². The molecule has 2 aromatic heterocycles. The molecular formula is C21H19B3FN5O4. The first-order valence-corrected chi connectivity index (χ1v) is 10.7. The van der Waals surface area contributed by atoms with Crippen LogP contribution >= 0.6 is 0 Å². The van der Waals surface area contributed by atoms with Crippen LogP contribution in [0.25, 0.3) is 16.8 Å². The van der Waals surface area contributed by atoms with Crippen molar-refractivity contribution in [1.29, 1.82) is 0 Å². The normalized spacial score (nSPS) is 20.5. The van der Waals surface area contributed by atoms with Gasteiger partial charge in [-0.25, -0.2) is 8.91 Å². The molecule has 1 saturated heterocycles. The Labute approximate surface area is 199 Å². The van der Waals surface area contributed by atoms with Crippen LogP contribution in [0.3, 0.4) is 0 Å². The summed E-state index contributed by atoms with van der Waals surface area (Å²) < 4.78 is 32.7. The Hall–Kier alpha value is -3.21. The molecule has 5 rings (SSSR count). The number of anilines is 1. The van der Waals surface area contributed by atoms with Gasteiger partial charge in [0.1, 0.15) is 42.1 Å². The highest BCUT2D eigenvalue weighted by Crippen LogP contribution is 2.33. The van der Waals surface area contributed by atoms with E-state index in [2.05, 4.69) is 15.4 Å². The number of hydrogen-bond donors (Lipinski definition) is 1. The fraction of sp³-hybridized carbons (Fsp3) is 0.381. The van der Waals surface area contributed by atoms with E-state index < -0.39 is 17.2 Å². The molecule has 4 bridgehead atoms. The molecule has 9 nitrogen and oxygen atoms in total. The van der Waals surface area contributed by atoms with Gasteiger partial charge < -0.3 is 24.4 Å². The molecule has 1 aromatic carbocycles. The lowest BCUT2D eigenvalue weighted by Gasteiger charge is -2.27. The van der Waals surface area contributed by atoms with Gasteiger partial charge in [0, 0.05) is 37.9 Å². The Bertz CT molecular complexity index is 1250. The summed E-state index contributed by atoms with van der Waals surface area (Å²) in [6.07, 6.45) is 2.89. The van der Waals surface area contributed by atoms with Crippen molar-refractivity contribution in [1.82, 2.24) is 19.5 Å². The van der Waals surface area contributed by atoms with Gasteiger partial charge in [-0.15, -0.1) is 0 Å². The van der Waals surface area contributed by atoms with Crippen molar-refractivity contribution in [2.45, 2.75) is 23.9 Å². The number of methoxy groups -OCH3 is 1. The quantitative estimate of drug-likeness (QED) is 0.572. The summed E-state index contributed by atoms with van der Waals surface area (Å²) in [4.78, 5) is 19.0. The summed E-state index contributed by atoms with van der Waals surface area (Å²) >= 11 is 0. The van der Waals surface area contributed by atoms with Crippen molar-refractivity contribution in [3.8, 4) is 22.8 Å². The fourth-order valence-corrected chi connectivity index (χ4v) is 4.28. The first-order chi connectivity index (χ1) is 16.2. The van der Waals surface area contributed by atoms with Gasteiger partial charge in [-0.2, -0.15) is 10.1 Å². The summed E-state index contributed by atoms with van der Waals surface area (Å²) in [5.41, 5.74) is 2.09. The molecule has 0 spiro atoms. The summed E-state index contributed by atoms with van der Waals surface area (Å²) in [6.45, 7) is 0.880. The van der Waals surface area contributed by atoms with Gasteiger partial charge >= 0.3 is 0 Å². The molecule has 3 aromatic rings. The van der Waals surface area contributed by atoms with Crippen LogP contribution in [0.1, 0.15) is 6.42 Å². The monoisotopic (exact) mass is 457 g/mol. The van der Waals surface area contributed by atoms with Crippen molar-refractivity contribution in [2.24, 2.45) is 0 Å². The minimum Gasteiger partial charge on any atom is -0.510 e. The molecular weight excluding hydrogens is 438 g/mol. The topological polar surface area (TPSA) is 90.2 Å². The molecule has 2 aliphatic heterocycles. The van der Waals surface area contributed by atoms with Gasteiger partial charge in [0.05, 0.1) is 18.4 Å². The number of nitrogens with one attached hydrogen (secondary N) is 1. The molecule has 13 heteroatoms. The first-order valence-electron chi connectivity index (χ1n) is 10.7. The van der Waals surface area contributed by atoms with E-state index in [1.807, 2.05) is 0 Å². The van der Waals surface area contributed by atoms with E-state index in [0.717, 1.165) is 0 Å². The van der Waals surface area contributed by atoms with E-state index in [1.54, 1.807) is 17.2 Å². The predicted molar refractivity (Wildman–Crippen MR) is 124 cm³/mol. The Morgan fingerprint density at radius 1 is 1.29 bits per heavy atom. The number of hydrogen-bond acceptors (Lipinski definition) is 7. The van der Waals surface area contributed by atoms with Gasteiger partial charge in [-0.1, -0.05) is 0 Å². The number of carbonyl (C=O) groups is 1. The molecule has 0 aliphatic carbocycles. The molecule has 34 heavy (non-hydrogen) atoms. The molecule has 1 unspecified atom stereocenters.